The quantitative estimate of drug-likeness (QED) is 0.709. The summed E-state index contributed by atoms with van der Waals surface area (Å²) >= 11 is 0. The molecule has 7 heteroatoms. The van der Waals surface area contributed by atoms with Gasteiger partial charge >= 0.3 is 0 Å². The zero-order valence-corrected chi connectivity index (χ0v) is 14.7. The fourth-order valence-electron chi connectivity index (χ4n) is 3.30. The van der Waals surface area contributed by atoms with Crippen molar-refractivity contribution in [3.63, 3.8) is 0 Å². The SMILES string of the molecule is O=C(Cc1ccc(F)cc1)N1CCC[C@H](c2noc(-c3ccccn3)n2)C1. The van der Waals surface area contributed by atoms with Gasteiger partial charge in [0.15, 0.2) is 5.82 Å². The van der Waals surface area contributed by atoms with Gasteiger partial charge < -0.3 is 9.42 Å². The molecule has 27 heavy (non-hydrogen) atoms. The van der Waals surface area contributed by atoms with Crippen molar-refractivity contribution >= 4 is 5.91 Å². The van der Waals surface area contributed by atoms with E-state index in [-0.39, 0.29) is 24.1 Å². The summed E-state index contributed by atoms with van der Waals surface area (Å²) in [5, 5.41) is 4.10. The third-order valence-electron chi connectivity index (χ3n) is 4.73. The van der Waals surface area contributed by atoms with Crippen molar-refractivity contribution < 1.29 is 13.7 Å². The largest absolute Gasteiger partial charge is 0.342 e. The topological polar surface area (TPSA) is 72.1 Å². The second-order valence-electron chi connectivity index (χ2n) is 6.65. The minimum atomic E-state index is -0.301. The number of carbonyl (C=O) groups is 1. The molecule has 138 valence electrons. The average molecular weight is 366 g/mol. The van der Waals surface area contributed by atoms with Crippen molar-refractivity contribution in [1.29, 1.82) is 0 Å². The van der Waals surface area contributed by atoms with E-state index in [1.807, 2.05) is 23.1 Å². The van der Waals surface area contributed by atoms with E-state index in [1.165, 1.54) is 12.1 Å². The Bertz CT molecular complexity index is 911. The standard InChI is InChI=1S/C20H19FN4O2/c21-16-8-6-14(7-9-16)12-18(26)25-11-3-4-15(13-25)19-23-20(27-24-19)17-5-1-2-10-22-17/h1-2,5-10,15H,3-4,11-13H2/t15-/m0/s1. The Hall–Kier alpha value is -3.09. The molecule has 1 atom stereocenters. The second-order valence-corrected chi connectivity index (χ2v) is 6.65. The first kappa shape index (κ1) is 17.3. The van der Waals surface area contributed by atoms with Crippen LogP contribution in [-0.4, -0.2) is 39.0 Å². The Labute approximate surface area is 156 Å². The number of carbonyl (C=O) groups excluding carboxylic acids is 1. The summed E-state index contributed by atoms with van der Waals surface area (Å²) in [6.45, 7) is 1.27. The molecule has 0 aliphatic carbocycles. The Morgan fingerprint density at radius 1 is 1.22 bits per heavy atom. The van der Waals surface area contributed by atoms with Crippen LogP contribution in [0.2, 0.25) is 0 Å². The molecule has 1 aliphatic heterocycles. The number of nitrogens with zero attached hydrogens (tertiary/aromatic N) is 4. The molecule has 1 amide bonds. The van der Waals surface area contributed by atoms with E-state index >= 15 is 0 Å². The van der Waals surface area contributed by atoms with Crippen LogP contribution < -0.4 is 0 Å². The smallest absolute Gasteiger partial charge is 0.276 e. The van der Waals surface area contributed by atoms with Crippen LogP contribution in [0, 0.1) is 5.82 Å². The maximum Gasteiger partial charge on any atom is 0.276 e. The fraction of sp³-hybridized carbons (Fsp3) is 0.300. The van der Waals surface area contributed by atoms with Crippen molar-refractivity contribution in [2.75, 3.05) is 13.1 Å². The van der Waals surface area contributed by atoms with Gasteiger partial charge in [-0.15, -0.1) is 0 Å². The highest BCUT2D eigenvalue weighted by Crippen LogP contribution is 2.27. The molecular weight excluding hydrogens is 347 g/mol. The van der Waals surface area contributed by atoms with Crippen LogP contribution in [0.3, 0.4) is 0 Å². The second kappa shape index (κ2) is 7.65. The number of aromatic nitrogens is 3. The van der Waals surface area contributed by atoms with Gasteiger partial charge in [-0.2, -0.15) is 4.98 Å². The third-order valence-corrected chi connectivity index (χ3v) is 4.73. The van der Waals surface area contributed by atoms with Crippen LogP contribution in [0.5, 0.6) is 0 Å². The summed E-state index contributed by atoms with van der Waals surface area (Å²) in [5.74, 6) is 0.761. The first-order valence-corrected chi connectivity index (χ1v) is 8.96. The lowest BCUT2D eigenvalue weighted by molar-refractivity contribution is -0.131. The Kier molecular flexibility index (Phi) is 4.91. The monoisotopic (exact) mass is 366 g/mol. The van der Waals surface area contributed by atoms with Crippen molar-refractivity contribution in [3.8, 4) is 11.6 Å². The zero-order valence-electron chi connectivity index (χ0n) is 14.7. The number of hydrogen-bond donors (Lipinski definition) is 0. The molecule has 1 saturated heterocycles. The molecule has 0 radical (unpaired) electrons. The van der Waals surface area contributed by atoms with E-state index in [1.54, 1.807) is 18.3 Å². The van der Waals surface area contributed by atoms with Crippen LogP contribution in [0.25, 0.3) is 11.6 Å². The number of pyridine rings is 1. The van der Waals surface area contributed by atoms with Crippen molar-refractivity contribution in [2.45, 2.75) is 25.2 Å². The van der Waals surface area contributed by atoms with Gasteiger partial charge in [0.25, 0.3) is 5.89 Å². The molecule has 1 fully saturated rings. The molecule has 0 unspecified atom stereocenters. The van der Waals surface area contributed by atoms with Crippen LogP contribution in [0.4, 0.5) is 4.39 Å². The minimum Gasteiger partial charge on any atom is -0.342 e. The van der Waals surface area contributed by atoms with Crippen LogP contribution in [0.1, 0.15) is 30.1 Å². The molecule has 3 heterocycles. The zero-order chi connectivity index (χ0) is 18.6. The number of hydrogen-bond acceptors (Lipinski definition) is 5. The van der Waals surface area contributed by atoms with Crippen molar-refractivity contribution in [1.82, 2.24) is 20.0 Å². The van der Waals surface area contributed by atoms with E-state index in [2.05, 4.69) is 15.1 Å². The summed E-state index contributed by atoms with van der Waals surface area (Å²) in [7, 11) is 0. The summed E-state index contributed by atoms with van der Waals surface area (Å²) in [5.41, 5.74) is 1.44. The van der Waals surface area contributed by atoms with Crippen LogP contribution in [0.15, 0.2) is 53.2 Å². The molecule has 3 aromatic rings. The number of piperidine rings is 1. The van der Waals surface area contributed by atoms with Crippen molar-refractivity contribution in [3.05, 3.63) is 65.9 Å². The van der Waals surface area contributed by atoms with E-state index in [0.717, 1.165) is 18.4 Å². The van der Waals surface area contributed by atoms with Crippen LogP contribution >= 0.6 is 0 Å². The first-order valence-electron chi connectivity index (χ1n) is 8.96. The van der Waals surface area contributed by atoms with Gasteiger partial charge in [0.1, 0.15) is 11.5 Å². The van der Waals surface area contributed by atoms with E-state index in [9.17, 15) is 9.18 Å². The molecule has 2 aromatic heterocycles. The highest BCUT2D eigenvalue weighted by Gasteiger charge is 2.28. The summed E-state index contributed by atoms with van der Waals surface area (Å²) < 4.78 is 18.4. The predicted octanol–water partition coefficient (Wildman–Crippen LogP) is 3.22. The van der Waals surface area contributed by atoms with Gasteiger partial charge in [-0.05, 0) is 42.7 Å². The van der Waals surface area contributed by atoms with Gasteiger partial charge in [-0.25, -0.2) is 4.39 Å². The van der Waals surface area contributed by atoms with E-state index in [4.69, 9.17) is 4.52 Å². The average Bonchev–Trinajstić information content (AvgIpc) is 3.21. The molecular formula is C20H19FN4O2. The summed E-state index contributed by atoms with van der Waals surface area (Å²) in [6, 6.07) is 11.5. The van der Waals surface area contributed by atoms with Crippen LogP contribution in [-0.2, 0) is 11.2 Å². The van der Waals surface area contributed by atoms with Gasteiger partial charge in [0.2, 0.25) is 5.91 Å². The Morgan fingerprint density at radius 2 is 2.07 bits per heavy atom. The molecule has 6 nitrogen and oxygen atoms in total. The Morgan fingerprint density at radius 3 is 2.85 bits per heavy atom. The minimum absolute atomic E-state index is 0.0275. The normalized spacial score (nSPS) is 17.1. The maximum absolute atomic E-state index is 13.0. The molecule has 0 bridgehead atoms. The first-order chi connectivity index (χ1) is 13.2. The molecule has 0 spiro atoms. The van der Waals surface area contributed by atoms with E-state index < -0.39 is 0 Å². The number of amides is 1. The molecule has 1 aromatic carbocycles. The third kappa shape index (κ3) is 4.02. The highest BCUT2D eigenvalue weighted by molar-refractivity contribution is 5.79. The molecule has 4 rings (SSSR count). The lowest BCUT2D eigenvalue weighted by atomic mass is 9.96. The Balaban J connectivity index is 1.43. The van der Waals surface area contributed by atoms with Gasteiger partial charge in [-0.1, -0.05) is 23.4 Å². The number of likely N-dealkylation sites (tertiary alicyclic amines) is 1. The molecule has 0 saturated carbocycles. The number of halogens is 1. The highest BCUT2D eigenvalue weighted by atomic mass is 19.1. The van der Waals surface area contributed by atoms with E-state index in [0.29, 0.717) is 30.5 Å². The number of rotatable bonds is 4. The lowest BCUT2D eigenvalue weighted by Crippen LogP contribution is -2.40. The number of benzene rings is 1. The summed E-state index contributed by atoms with van der Waals surface area (Å²) in [4.78, 5) is 23.1. The lowest BCUT2D eigenvalue weighted by Gasteiger charge is -2.31. The van der Waals surface area contributed by atoms with Gasteiger partial charge in [0, 0.05) is 25.2 Å². The maximum atomic E-state index is 13.0. The summed E-state index contributed by atoms with van der Waals surface area (Å²) in [6.07, 6.45) is 3.73. The van der Waals surface area contributed by atoms with Crippen molar-refractivity contribution in [2.24, 2.45) is 0 Å². The molecule has 0 N–H and O–H groups in total. The molecule has 1 aliphatic rings. The van der Waals surface area contributed by atoms with Gasteiger partial charge in [-0.3, -0.25) is 9.78 Å². The fourth-order valence-corrected chi connectivity index (χ4v) is 3.30. The predicted molar refractivity (Wildman–Crippen MR) is 96.2 cm³/mol. The van der Waals surface area contributed by atoms with Gasteiger partial charge in [0.05, 0.1) is 6.42 Å².